The first-order valence-corrected chi connectivity index (χ1v) is 15.2. The SMILES string of the molecule is COc1cccc(C(=O)NC2CC3CCC(C2)N3c2ccc(C(=O)NC3CCN(Cc4ccccc4)CC3)cn2)c1C. The number of pyridine rings is 1. The van der Waals surface area contributed by atoms with Crippen LogP contribution in [0.5, 0.6) is 5.75 Å². The quantitative estimate of drug-likeness (QED) is 0.410. The summed E-state index contributed by atoms with van der Waals surface area (Å²) in [6, 6.07) is 21.0. The molecule has 2 atom stereocenters. The molecule has 8 heteroatoms. The van der Waals surface area contributed by atoms with Crippen molar-refractivity contribution in [2.75, 3.05) is 25.1 Å². The first-order valence-electron chi connectivity index (χ1n) is 15.2. The first-order chi connectivity index (χ1) is 20.5. The molecule has 3 aromatic rings. The zero-order chi connectivity index (χ0) is 29.1. The minimum atomic E-state index is -0.0483. The van der Waals surface area contributed by atoms with Gasteiger partial charge in [-0.25, -0.2) is 4.98 Å². The number of hydrogen-bond donors (Lipinski definition) is 2. The maximum absolute atomic E-state index is 13.1. The number of fused-ring (bicyclic) bond motifs is 2. The number of likely N-dealkylation sites (tertiary alicyclic amines) is 1. The molecule has 0 aliphatic carbocycles. The lowest BCUT2D eigenvalue weighted by Crippen LogP contribution is -2.50. The van der Waals surface area contributed by atoms with E-state index >= 15 is 0 Å². The summed E-state index contributed by atoms with van der Waals surface area (Å²) < 4.78 is 5.40. The van der Waals surface area contributed by atoms with Crippen molar-refractivity contribution in [3.05, 3.63) is 89.1 Å². The fourth-order valence-electron chi connectivity index (χ4n) is 7.03. The highest BCUT2D eigenvalue weighted by Gasteiger charge is 2.42. The molecule has 220 valence electrons. The monoisotopic (exact) mass is 567 g/mol. The van der Waals surface area contributed by atoms with Gasteiger partial charge in [0.05, 0.1) is 12.7 Å². The van der Waals surface area contributed by atoms with Crippen LogP contribution in [0.25, 0.3) is 0 Å². The Hall–Kier alpha value is -3.91. The lowest BCUT2D eigenvalue weighted by Gasteiger charge is -2.40. The molecule has 0 saturated carbocycles. The largest absolute Gasteiger partial charge is 0.496 e. The Labute approximate surface area is 248 Å². The van der Waals surface area contributed by atoms with Gasteiger partial charge in [0.25, 0.3) is 11.8 Å². The van der Waals surface area contributed by atoms with Crippen LogP contribution in [-0.2, 0) is 6.54 Å². The van der Waals surface area contributed by atoms with Crippen LogP contribution in [0.15, 0.2) is 66.9 Å². The van der Waals surface area contributed by atoms with Gasteiger partial charge in [-0.15, -0.1) is 0 Å². The number of carbonyl (C=O) groups excluding carboxylic acids is 2. The molecule has 0 spiro atoms. The average Bonchev–Trinajstić information content (AvgIpc) is 3.28. The number of nitrogens with one attached hydrogen (secondary N) is 2. The Morgan fingerprint density at radius 1 is 0.857 bits per heavy atom. The molecule has 2 bridgehead atoms. The van der Waals surface area contributed by atoms with E-state index in [0.29, 0.717) is 23.2 Å². The number of rotatable bonds is 8. The van der Waals surface area contributed by atoms with Gasteiger partial charge in [0.2, 0.25) is 0 Å². The van der Waals surface area contributed by atoms with E-state index in [2.05, 4.69) is 44.7 Å². The molecule has 2 aromatic carbocycles. The Morgan fingerprint density at radius 3 is 2.24 bits per heavy atom. The number of amides is 2. The van der Waals surface area contributed by atoms with Gasteiger partial charge < -0.3 is 20.3 Å². The van der Waals surface area contributed by atoms with E-state index in [1.54, 1.807) is 13.3 Å². The van der Waals surface area contributed by atoms with E-state index in [9.17, 15) is 9.59 Å². The summed E-state index contributed by atoms with van der Waals surface area (Å²) in [4.78, 5) is 35.7. The molecule has 1 aromatic heterocycles. The summed E-state index contributed by atoms with van der Waals surface area (Å²) in [6.45, 7) is 4.84. The summed E-state index contributed by atoms with van der Waals surface area (Å²) in [5, 5.41) is 6.51. The van der Waals surface area contributed by atoms with Crippen molar-refractivity contribution < 1.29 is 14.3 Å². The van der Waals surface area contributed by atoms with Gasteiger partial charge in [-0.2, -0.15) is 0 Å². The Morgan fingerprint density at radius 2 is 1.57 bits per heavy atom. The molecule has 3 fully saturated rings. The second kappa shape index (κ2) is 12.5. The van der Waals surface area contributed by atoms with E-state index in [0.717, 1.165) is 75.3 Å². The molecule has 2 amide bonds. The molecule has 2 unspecified atom stereocenters. The zero-order valence-corrected chi connectivity index (χ0v) is 24.6. The van der Waals surface area contributed by atoms with Gasteiger partial charge >= 0.3 is 0 Å². The van der Waals surface area contributed by atoms with Crippen molar-refractivity contribution in [3.8, 4) is 5.75 Å². The second-order valence-electron chi connectivity index (χ2n) is 12.0. The number of anilines is 1. The number of carbonyl (C=O) groups is 2. The predicted octanol–water partition coefficient (Wildman–Crippen LogP) is 4.72. The topological polar surface area (TPSA) is 86.8 Å². The van der Waals surface area contributed by atoms with Crippen molar-refractivity contribution in [2.45, 2.75) is 76.2 Å². The second-order valence-corrected chi connectivity index (χ2v) is 12.0. The third kappa shape index (κ3) is 6.14. The minimum Gasteiger partial charge on any atom is -0.496 e. The normalized spacial score (nSPS) is 22.5. The Balaban J connectivity index is 1.00. The number of piperidine rings is 2. The van der Waals surface area contributed by atoms with Crippen LogP contribution in [0.3, 0.4) is 0 Å². The van der Waals surface area contributed by atoms with E-state index in [1.165, 1.54) is 5.56 Å². The molecule has 0 radical (unpaired) electrons. The van der Waals surface area contributed by atoms with Crippen LogP contribution < -0.4 is 20.3 Å². The number of benzene rings is 2. The van der Waals surface area contributed by atoms with Gasteiger partial charge in [0.15, 0.2) is 0 Å². The van der Waals surface area contributed by atoms with E-state index in [1.807, 2.05) is 43.3 Å². The minimum absolute atomic E-state index is 0.0420. The number of nitrogens with zero attached hydrogens (tertiary/aromatic N) is 3. The van der Waals surface area contributed by atoms with Gasteiger partial charge in [-0.05, 0) is 75.3 Å². The van der Waals surface area contributed by atoms with Crippen molar-refractivity contribution in [2.24, 2.45) is 0 Å². The Kier molecular flexibility index (Phi) is 8.42. The van der Waals surface area contributed by atoms with Crippen LogP contribution in [0.2, 0.25) is 0 Å². The lowest BCUT2D eigenvalue weighted by atomic mass is 9.96. The molecule has 3 saturated heterocycles. The van der Waals surface area contributed by atoms with Crippen molar-refractivity contribution in [1.29, 1.82) is 0 Å². The van der Waals surface area contributed by atoms with Crippen molar-refractivity contribution in [1.82, 2.24) is 20.5 Å². The Bertz CT molecular complexity index is 1370. The third-order valence-electron chi connectivity index (χ3n) is 9.26. The average molecular weight is 568 g/mol. The van der Waals surface area contributed by atoms with Crippen LogP contribution >= 0.6 is 0 Å². The number of aromatic nitrogens is 1. The summed E-state index contributed by atoms with van der Waals surface area (Å²) in [7, 11) is 1.63. The summed E-state index contributed by atoms with van der Waals surface area (Å²) in [5.41, 5.74) is 3.46. The van der Waals surface area contributed by atoms with Crippen molar-refractivity contribution in [3.63, 3.8) is 0 Å². The fraction of sp³-hybridized carbons (Fsp3) is 0.441. The fourth-order valence-corrected chi connectivity index (χ4v) is 7.03. The molecule has 8 nitrogen and oxygen atoms in total. The highest BCUT2D eigenvalue weighted by molar-refractivity contribution is 5.96. The highest BCUT2D eigenvalue weighted by Crippen LogP contribution is 2.38. The van der Waals surface area contributed by atoms with Crippen molar-refractivity contribution >= 4 is 17.6 Å². The van der Waals surface area contributed by atoms with Gasteiger partial charge in [0, 0.05) is 61.1 Å². The van der Waals surface area contributed by atoms with Crippen LogP contribution in [-0.4, -0.2) is 66.1 Å². The van der Waals surface area contributed by atoms with E-state index in [4.69, 9.17) is 9.72 Å². The standard InChI is InChI=1S/C34H41N5O3/c1-23-30(9-6-10-31(23)42-2)34(41)37-27-19-28-12-13-29(20-27)39(28)32-14-11-25(21-35-32)33(40)36-26-15-17-38(18-16-26)22-24-7-4-3-5-8-24/h3-11,14,21,26-29H,12-13,15-20,22H2,1-2H3,(H,36,40)(H,37,41). The molecular formula is C34H41N5O3. The van der Waals surface area contributed by atoms with Crippen LogP contribution in [0.4, 0.5) is 5.82 Å². The summed E-state index contributed by atoms with van der Waals surface area (Å²) in [5.74, 6) is 1.55. The first kappa shape index (κ1) is 28.2. The molecule has 4 heterocycles. The molecule has 3 aliphatic heterocycles. The third-order valence-corrected chi connectivity index (χ3v) is 9.26. The maximum Gasteiger partial charge on any atom is 0.253 e. The smallest absolute Gasteiger partial charge is 0.253 e. The van der Waals surface area contributed by atoms with Gasteiger partial charge in [0.1, 0.15) is 11.6 Å². The highest BCUT2D eigenvalue weighted by atomic mass is 16.5. The molecular weight excluding hydrogens is 526 g/mol. The molecule has 3 aliphatic rings. The molecule has 2 N–H and O–H groups in total. The van der Waals surface area contributed by atoms with E-state index in [-0.39, 0.29) is 23.9 Å². The zero-order valence-electron chi connectivity index (χ0n) is 24.6. The molecule has 6 rings (SSSR count). The van der Waals surface area contributed by atoms with Gasteiger partial charge in [-0.3, -0.25) is 14.5 Å². The number of ether oxygens (including phenoxy) is 1. The van der Waals surface area contributed by atoms with Crippen LogP contribution in [0, 0.1) is 6.92 Å². The molecule has 42 heavy (non-hydrogen) atoms. The number of hydrogen-bond acceptors (Lipinski definition) is 6. The van der Waals surface area contributed by atoms with Gasteiger partial charge in [-0.1, -0.05) is 36.4 Å². The summed E-state index contributed by atoms with van der Waals surface area (Å²) in [6.07, 6.45) is 7.57. The lowest BCUT2D eigenvalue weighted by molar-refractivity contribution is 0.0905. The maximum atomic E-state index is 13.1. The summed E-state index contributed by atoms with van der Waals surface area (Å²) >= 11 is 0. The van der Waals surface area contributed by atoms with Crippen LogP contribution in [0.1, 0.15) is 70.4 Å². The van der Waals surface area contributed by atoms with E-state index < -0.39 is 0 Å². The predicted molar refractivity (Wildman–Crippen MR) is 164 cm³/mol. The number of methoxy groups -OCH3 is 1.